The summed E-state index contributed by atoms with van der Waals surface area (Å²) in [6.07, 6.45) is -0.759. The number of halogens is 3. The fourth-order valence-electron chi connectivity index (χ4n) is 4.84. The van der Waals surface area contributed by atoms with Gasteiger partial charge in [0, 0.05) is 36.7 Å². The Balaban J connectivity index is 1.23. The van der Waals surface area contributed by atoms with Gasteiger partial charge in [0.05, 0.1) is 5.56 Å². The number of rotatable bonds is 9. The van der Waals surface area contributed by atoms with Crippen LogP contribution in [0.15, 0.2) is 59.1 Å². The van der Waals surface area contributed by atoms with Crippen LogP contribution in [0.3, 0.4) is 0 Å². The van der Waals surface area contributed by atoms with Crippen molar-refractivity contribution in [2.45, 2.75) is 50.6 Å². The third kappa shape index (κ3) is 7.46. The minimum atomic E-state index is -4.59. The summed E-state index contributed by atoms with van der Waals surface area (Å²) in [6, 6.07) is 13.5. The number of aromatic nitrogens is 1. The van der Waals surface area contributed by atoms with Crippen LogP contribution in [0.5, 0.6) is 0 Å². The Labute approximate surface area is 222 Å². The zero-order valence-electron chi connectivity index (χ0n) is 21.0. The van der Waals surface area contributed by atoms with Gasteiger partial charge in [0.2, 0.25) is 5.91 Å². The molecule has 39 heavy (non-hydrogen) atoms. The van der Waals surface area contributed by atoms with E-state index < -0.39 is 23.6 Å². The molecule has 0 atom stereocenters. The number of carboxylic acid groups (broad SMARTS) is 1. The molecule has 2 aromatic carbocycles. The minimum absolute atomic E-state index is 0.0103. The molecule has 3 aromatic rings. The van der Waals surface area contributed by atoms with E-state index in [2.05, 4.69) is 15.8 Å². The van der Waals surface area contributed by atoms with Gasteiger partial charge in [0.1, 0.15) is 0 Å². The quantitative estimate of drug-likeness (QED) is 0.311. The molecule has 0 radical (unpaired) electrons. The van der Waals surface area contributed by atoms with E-state index in [1.54, 1.807) is 0 Å². The lowest BCUT2D eigenvalue weighted by Crippen LogP contribution is -2.27. The van der Waals surface area contributed by atoms with Crippen LogP contribution >= 0.6 is 0 Å². The number of aliphatic carboxylic acids is 1. The lowest BCUT2D eigenvalue weighted by molar-refractivity contribution is -0.138. The molecule has 1 aliphatic rings. The summed E-state index contributed by atoms with van der Waals surface area (Å²) in [6.45, 7) is -0.0103. The zero-order valence-corrected chi connectivity index (χ0v) is 21.0. The molecule has 1 saturated carbocycles. The van der Waals surface area contributed by atoms with E-state index in [9.17, 15) is 27.6 Å². The average Bonchev–Trinajstić information content (AvgIpc) is 3.39. The predicted octanol–water partition coefficient (Wildman–Crippen LogP) is 5.87. The third-order valence-corrected chi connectivity index (χ3v) is 6.85. The van der Waals surface area contributed by atoms with Crippen LogP contribution in [0, 0.1) is 5.92 Å². The number of nitrogens with one attached hydrogen (secondary N) is 2. The van der Waals surface area contributed by atoms with Crippen LogP contribution in [-0.2, 0) is 15.8 Å². The number of alkyl halides is 3. The first kappa shape index (κ1) is 27.9. The van der Waals surface area contributed by atoms with Gasteiger partial charge in [-0.05, 0) is 61.3 Å². The number of hydrogen-bond acceptors (Lipinski definition) is 5. The van der Waals surface area contributed by atoms with Crippen molar-refractivity contribution in [2.75, 3.05) is 11.9 Å². The van der Waals surface area contributed by atoms with E-state index in [4.69, 9.17) is 9.63 Å². The van der Waals surface area contributed by atoms with Crippen molar-refractivity contribution in [3.05, 3.63) is 71.4 Å². The lowest BCUT2D eigenvalue weighted by atomic mass is 9.77. The van der Waals surface area contributed by atoms with Gasteiger partial charge in [-0.15, -0.1) is 0 Å². The number of hydrogen-bond donors (Lipinski definition) is 3. The normalized spacial score (nSPS) is 17.4. The Kier molecular flexibility index (Phi) is 8.68. The highest BCUT2D eigenvalue weighted by Gasteiger charge is 2.34. The summed E-state index contributed by atoms with van der Waals surface area (Å²) in [4.78, 5) is 35.6. The van der Waals surface area contributed by atoms with Crippen molar-refractivity contribution in [2.24, 2.45) is 5.92 Å². The van der Waals surface area contributed by atoms with Crippen LogP contribution in [0.1, 0.15) is 66.1 Å². The van der Waals surface area contributed by atoms with Crippen molar-refractivity contribution < 1.29 is 37.2 Å². The van der Waals surface area contributed by atoms with Crippen LogP contribution in [0.4, 0.5) is 18.9 Å². The van der Waals surface area contributed by atoms with Gasteiger partial charge in [-0.25, -0.2) is 0 Å². The van der Waals surface area contributed by atoms with Crippen molar-refractivity contribution in [1.82, 2.24) is 10.5 Å². The molecule has 1 heterocycles. The van der Waals surface area contributed by atoms with Gasteiger partial charge in [-0.3, -0.25) is 14.4 Å². The first-order valence-electron chi connectivity index (χ1n) is 12.6. The van der Waals surface area contributed by atoms with Crippen LogP contribution in [0.25, 0.3) is 11.3 Å². The Bertz CT molecular complexity index is 1310. The summed E-state index contributed by atoms with van der Waals surface area (Å²) in [5, 5.41) is 17.8. The van der Waals surface area contributed by atoms with Crippen molar-refractivity contribution >= 4 is 23.5 Å². The SMILES string of the molecule is O=C(O)C[C@H]1CC[C@H](c2ccc(NC(=O)CCNC(=O)c3cc(-c4ccccc4C(F)(F)F)on3)cc2)CC1. The van der Waals surface area contributed by atoms with Crippen molar-refractivity contribution in [3.63, 3.8) is 0 Å². The van der Waals surface area contributed by atoms with E-state index in [0.29, 0.717) is 11.6 Å². The van der Waals surface area contributed by atoms with Crippen molar-refractivity contribution in [3.8, 4) is 11.3 Å². The number of amides is 2. The Hall–Kier alpha value is -4.15. The molecule has 0 aliphatic heterocycles. The van der Waals surface area contributed by atoms with Gasteiger partial charge >= 0.3 is 12.1 Å². The van der Waals surface area contributed by atoms with E-state index >= 15 is 0 Å². The summed E-state index contributed by atoms with van der Waals surface area (Å²) < 4.78 is 44.7. The number of carbonyl (C=O) groups excluding carboxylic acids is 2. The van der Waals surface area contributed by atoms with Gasteiger partial charge in [-0.1, -0.05) is 35.5 Å². The summed E-state index contributed by atoms with van der Waals surface area (Å²) in [5.74, 6) is -1.34. The minimum Gasteiger partial charge on any atom is -0.481 e. The molecular formula is C28H28F3N3O5. The number of carbonyl (C=O) groups is 3. The highest BCUT2D eigenvalue weighted by atomic mass is 19.4. The molecule has 2 amide bonds. The predicted molar refractivity (Wildman–Crippen MR) is 136 cm³/mol. The maximum Gasteiger partial charge on any atom is 0.417 e. The smallest absolute Gasteiger partial charge is 0.417 e. The number of anilines is 1. The second-order valence-corrected chi connectivity index (χ2v) is 9.61. The highest BCUT2D eigenvalue weighted by molar-refractivity contribution is 5.94. The fourth-order valence-corrected chi connectivity index (χ4v) is 4.84. The van der Waals surface area contributed by atoms with Gasteiger partial charge in [0.25, 0.3) is 5.91 Å². The molecule has 11 heteroatoms. The molecule has 4 rings (SSSR count). The first-order valence-corrected chi connectivity index (χ1v) is 12.6. The second-order valence-electron chi connectivity index (χ2n) is 9.61. The largest absolute Gasteiger partial charge is 0.481 e. The summed E-state index contributed by atoms with van der Waals surface area (Å²) in [7, 11) is 0. The third-order valence-electron chi connectivity index (χ3n) is 6.85. The Morgan fingerprint density at radius 1 is 1.00 bits per heavy atom. The average molecular weight is 544 g/mol. The van der Waals surface area contributed by atoms with Gasteiger partial charge in [-0.2, -0.15) is 13.2 Å². The number of benzene rings is 2. The van der Waals surface area contributed by atoms with Crippen LogP contribution in [0.2, 0.25) is 0 Å². The molecule has 0 unspecified atom stereocenters. The standard InChI is InChI=1S/C28H28F3N3O5/c29-28(30,31)22-4-2-1-3-21(22)24-16-23(34-39-24)27(38)32-14-13-25(35)33-20-11-9-19(10-12-20)18-7-5-17(6-8-18)15-26(36)37/h1-4,9-12,16-18H,5-8,13-15H2,(H,32,38)(H,33,35)(H,36,37)/t17-,18-. The highest BCUT2D eigenvalue weighted by Crippen LogP contribution is 2.38. The molecule has 1 fully saturated rings. The van der Waals surface area contributed by atoms with E-state index in [0.717, 1.165) is 43.4 Å². The summed E-state index contributed by atoms with van der Waals surface area (Å²) >= 11 is 0. The maximum absolute atomic E-state index is 13.3. The molecule has 1 aromatic heterocycles. The molecule has 8 nitrogen and oxygen atoms in total. The Morgan fingerprint density at radius 3 is 2.36 bits per heavy atom. The summed E-state index contributed by atoms with van der Waals surface area (Å²) in [5.41, 5.74) is 0.432. The van der Waals surface area contributed by atoms with Crippen molar-refractivity contribution in [1.29, 1.82) is 0 Å². The maximum atomic E-state index is 13.3. The van der Waals surface area contributed by atoms with E-state index in [1.807, 2.05) is 24.3 Å². The monoisotopic (exact) mass is 543 g/mol. The lowest BCUT2D eigenvalue weighted by Gasteiger charge is -2.28. The van der Waals surface area contributed by atoms with E-state index in [-0.39, 0.29) is 48.2 Å². The molecule has 3 N–H and O–H groups in total. The molecule has 0 spiro atoms. The van der Waals surface area contributed by atoms with Crippen LogP contribution in [-0.4, -0.2) is 34.6 Å². The number of carboxylic acids is 1. The fraction of sp³-hybridized carbons (Fsp3) is 0.357. The Morgan fingerprint density at radius 2 is 1.69 bits per heavy atom. The number of nitrogens with zero attached hydrogens (tertiary/aromatic N) is 1. The second kappa shape index (κ2) is 12.1. The van der Waals surface area contributed by atoms with E-state index in [1.165, 1.54) is 18.2 Å². The van der Waals surface area contributed by atoms with Crippen LogP contribution < -0.4 is 10.6 Å². The molecule has 206 valence electrons. The topological polar surface area (TPSA) is 122 Å². The molecule has 1 aliphatic carbocycles. The molecule has 0 bridgehead atoms. The molecular weight excluding hydrogens is 515 g/mol. The van der Waals surface area contributed by atoms with Gasteiger partial charge < -0.3 is 20.3 Å². The van der Waals surface area contributed by atoms with Gasteiger partial charge in [0.15, 0.2) is 11.5 Å². The first-order chi connectivity index (χ1) is 18.6. The zero-order chi connectivity index (χ0) is 28.0. The molecule has 0 saturated heterocycles.